The van der Waals surface area contributed by atoms with E-state index in [1.807, 2.05) is 6.08 Å². The molecule has 1 aromatic rings. The molecule has 0 saturated heterocycles. The lowest BCUT2D eigenvalue weighted by molar-refractivity contribution is -0.137. The molecule has 0 unspecified atom stereocenters. The van der Waals surface area contributed by atoms with Crippen LogP contribution in [0, 0.1) is 23.7 Å². The fourth-order valence-corrected chi connectivity index (χ4v) is 3.40. The minimum Gasteiger partial charge on any atom is -0.166 e. The maximum atomic E-state index is 12.5. The summed E-state index contributed by atoms with van der Waals surface area (Å²) >= 11 is 0. The van der Waals surface area contributed by atoms with Crippen LogP contribution in [0.1, 0.15) is 69.4 Å². The SMILES string of the molecule is CCCCCC1CCC(/C=C/C#Cc2ccc(C(F)(F)F)cc2)CC1. The van der Waals surface area contributed by atoms with Crippen LogP contribution < -0.4 is 0 Å². The Labute approximate surface area is 149 Å². The highest BCUT2D eigenvalue weighted by Crippen LogP contribution is 2.32. The second-order valence-corrected chi connectivity index (χ2v) is 6.98. The van der Waals surface area contributed by atoms with Crippen molar-refractivity contribution in [1.82, 2.24) is 0 Å². The van der Waals surface area contributed by atoms with Gasteiger partial charge < -0.3 is 0 Å². The van der Waals surface area contributed by atoms with Gasteiger partial charge in [0, 0.05) is 5.56 Å². The Hall–Kier alpha value is -1.69. The smallest absolute Gasteiger partial charge is 0.166 e. The van der Waals surface area contributed by atoms with Crippen LogP contribution in [0.4, 0.5) is 13.2 Å². The van der Waals surface area contributed by atoms with E-state index >= 15 is 0 Å². The Bertz CT molecular complexity index is 591. The number of benzene rings is 1. The van der Waals surface area contributed by atoms with Crippen LogP contribution in [0.5, 0.6) is 0 Å². The lowest BCUT2D eigenvalue weighted by Gasteiger charge is -2.26. The van der Waals surface area contributed by atoms with Crippen LogP contribution in [0.3, 0.4) is 0 Å². The molecule has 0 N–H and O–H groups in total. The van der Waals surface area contributed by atoms with Crippen molar-refractivity contribution in [3.63, 3.8) is 0 Å². The summed E-state index contributed by atoms with van der Waals surface area (Å²) in [6.45, 7) is 2.24. The zero-order valence-electron chi connectivity index (χ0n) is 14.9. The summed E-state index contributed by atoms with van der Waals surface area (Å²) in [5, 5.41) is 0. The van der Waals surface area contributed by atoms with Crippen molar-refractivity contribution in [2.24, 2.45) is 11.8 Å². The van der Waals surface area contributed by atoms with E-state index in [1.165, 1.54) is 63.5 Å². The van der Waals surface area contributed by atoms with Crippen LogP contribution in [-0.4, -0.2) is 0 Å². The Morgan fingerprint density at radius 3 is 2.32 bits per heavy atom. The average molecular weight is 348 g/mol. The quantitative estimate of drug-likeness (QED) is 0.397. The molecular weight excluding hydrogens is 321 g/mol. The summed E-state index contributed by atoms with van der Waals surface area (Å²) in [5.41, 5.74) is -0.0263. The molecule has 0 atom stereocenters. The number of hydrogen-bond acceptors (Lipinski definition) is 0. The molecule has 1 aliphatic carbocycles. The molecule has 0 aliphatic heterocycles. The summed E-state index contributed by atoms with van der Waals surface area (Å²) in [5.74, 6) is 7.35. The van der Waals surface area contributed by atoms with Crippen LogP contribution in [0.15, 0.2) is 36.4 Å². The van der Waals surface area contributed by atoms with Crippen molar-refractivity contribution < 1.29 is 13.2 Å². The van der Waals surface area contributed by atoms with Crippen molar-refractivity contribution >= 4 is 0 Å². The summed E-state index contributed by atoms with van der Waals surface area (Å²) in [4.78, 5) is 0. The average Bonchev–Trinajstić information content (AvgIpc) is 2.60. The second-order valence-electron chi connectivity index (χ2n) is 6.98. The first kappa shape index (κ1) is 19.6. The van der Waals surface area contributed by atoms with Crippen molar-refractivity contribution in [1.29, 1.82) is 0 Å². The molecule has 25 heavy (non-hydrogen) atoms. The van der Waals surface area contributed by atoms with Gasteiger partial charge in [-0.25, -0.2) is 0 Å². The monoisotopic (exact) mass is 348 g/mol. The lowest BCUT2D eigenvalue weighted by Crippen LogP contribution is -2.12. The van der Waals surface area contributed by atoms with Gasteiger partial charge in [0.2, 0.25) is 0 Å². The van der Waals surface area contributed by atoms with Crippen molar-refractivity contribution in [3.8, 4) is 11.8 Å². The first-order chi connectivity index (χ1) is 12.0. The molecule has 1 aliphatic rings. The van der Waals surface area contributed by atoms with E-state index in [-0.39, 0.29) is 0 Å². The number of allylic oxidation sites excluding steroid dienone is 2. The molecule has 3 heteroatoms. The Kier molecular flexibility index (Phi) is 7.62. The Morgan fingerprint density at radius 1 is 1.04 bits per heavy atom. The zero-order chi connectivity index (χ0) is 18.1. The molecule has 1 saturated carbocycles. The summed E-state index contributed by atoms with van der Waals surface area (Å²) in [6, 6.07) is 5.00. The third kappa shape index (κ3) is 6.98. The normalized spacial score (nSPS) is 21.1. The molecule has 0 nitrogen and oxygen atoms in total. The lowest BCUT2D eigenvalue weighted by atomic mass is 9.79. The summed E-state index contributed by atoms with van der Waals surface area (Å²) < 4.78 is 37.5. The zero-order valence-corrected chi connectivity index (χ0v) is 14.9. The van der Waals surface area contributed by atoms with Crippen molar-refractivity contribution in [2.75, 3.05) is 0 Å². The predicted octanol–water partition coefficient (Wildman–Crippen LogP) is 7.00. The molecule has 2 rings (SSSR count). The largest absolute Gasteiger partial charge is 0.416 e. The molecule has 0 aromatic heterocycles. The van der Waals surface area contributed by atoms with E-state index in [1.54, 1.807) is 0 Å². The number of rotatable bonds is 5. The van der Waals surface area contributed by atoms with Gasteiger partial charge in [-0.05, 0) is 67.9 Å². The fourth-order valence-electron chi connectivity index (χ4n) is 3.40. The number of hydrogen-bond donors (Lipinski definition) is 0. The van der Waals surface area contributed by atoms with E-state index in [4.69, 9.17) is 0 Å². The Balaban J connectivity index is 1.76. The highest BCUT2D eigenvalue weighted by Gasteiger charge is 2.29. The van der Waals surface area contributed by atoms with Crippen LogP contribution in [0.25, 0.3) is 0 Å². The third-order valence-electron chi connectivity index (χ3n) is 4.99. The maximum Gasteiger partial charge on any atom is 0.416 e. The maximum absolute atomic E-state index is 12.5. The van der Waals surface area contributed by atoms with Gasteiger partial charge in [0.15, 0.2) is 0 Å². The molecule has 136 valence electrons. The topological polar surface area (TPSA) is 0 Å². The van der Waals surface area contributed by atoms with Gasteiger partial charge in [-0.2, -0.15) is 13.2 Å². The standard InChI is InChI=1S/C22H27F3/c1-2-3-4-7-18-10-12-19(13-11-18)8-5-6-9-20-14-16-21(17-15-20)22(23,24)25/h5,8,14-19H,2-4,7,10-13H2,1H3/b8-5+. The first-order valence-electron chi connectivity index (χ1n) is 9.34. The van der Waals surface area contributed by atoms with Crippen LogP contribution in [-0.2, 0) is 6.18 Å². The number of alkyl halides is 3. The van der Waals surface area contributed by atoms with Crippen molar-refractivity contribution in [2.45, 2.75) is 64.5 Å². The van der Waals surface area contributed by atoms with Gasteiger partial charge >= 0.3 is 6.18 Å². The van der Waals surface area contributed by atoms with Gasteiger partial charge in [0.1, 0.15) is 0 Å². The summed E-state index contributed by atoms with van der Waals surface area (Å²) in [6.07, 6.45) is 10.2. The van der Waals surface area contributed by atoms with Gasteiger partial charge in [-0.15, -0.1) is 0 Å². The molecule has 0 amide bonds. The summed E-state index contributed by atoms with van der Waals surface area (Å²) in [7, 11) is 0. The second kappa shape index (κ2) is 9.70. The van der Waals surface area contributed by atoms with Gasteiger partial charge in [0.05, 0.1) is 5.56 Å². The third-order valence-corrected chi connectivity index (χ3v) is 4.99. The molecular formula is C22H27F3. The first-order valence-corrected chi connectivity index (χ1v) is 9.34. The van der Waals surface area contributed by atoms with E-state index in [0.29, 0.717) is 11.5 Å². The van der Waals surface area contributed by atoms with Gasteiger partial charge in [-0.1, -0.05) is 50.5 Å². The van der Waals surface area contributed by atoms with E-state index in [0.717, 1.165) is 18.1 Å². The minimum absolute atomic E-state index is 0.601. The Morgan fingerprint density at radius 2 is 1.72 bits per heavy atom. The van der Waals surface area contributed by atoms with Gasteiger partial charge in [-0.3, -0.25) is 0 Å². The molecule has 1 fully saturated rings. The molecule has 0 heterocycles. The highest BCUT2D eigenvalue weighted by atomic mass is 19.4. The van der Waals surface area contributed by atoms with E-state index < -0.39 is 11.7 Å². The number of halogens is 3. The molecule has 0 radical (unpaired) electrons. The molecule has 0 bridgehead atoms. The van der Waals surface area contributed by atoms with Gasteiger partial charge in [0.25, 0.3) is 0 Å². The molecule has 0 spiro atoms. The predicted molar refractivity (Wildman–Crippen MR) is 97.1 cm³/mol. The van der Waals surface area contributed by atoms with Crippen LogP contribution >= 0.6 is 0 Å². The molecule has 1 aromatic carbocycles. The van der Waals surface area contributed by atoms with E-state index in [2.05, 4.69) is 24.8 Å². The van der Waals surface area contributed by atoms with Crippen molar-refractivity contribution in [3.05, 3.63) is 47.5 Å². The van der Waals surface area contributed by atoms with Crippen LogP contribution in [0.2, 0.25) is 0 Å². The number of unbranched alkanes of at least 4 members (excludes halogenated alkanes) is 2. The minimum atomic E-state index is -4.29. The fraction of sp³-hybridized carbons (Fsp3) is 0.545. The highest BCUT2D eigenvalue weighted by molar-refractivity contribution is 5.39. The van der Waals surface area contributed by atoms with E-state index in [9.17, 15) is 13.2 Å².